The van der Waals surface area contributed by atoms with E-state index in [9.17, 15) is 0 Å². The summed E-state index contributed by atoms with van der Waals surface area (Å²) in [4.78, 5) is 10.9. The van der Waals surface area contributed by atoms with Crippen molar-refractivity contribution in [2.75, 3.05) is 0 Å². The lowest BCUT2D eigenvalue weighted by atomic mass is 10.1. The van der Waals surface area contributed by atoms with E-state index in [0.717, 1.165) is 39.7 Å². The van der Waals surface area contributed by atoms with Crippen molar-refractivity contribution in [1.82, 2.24) is 19.1 Å². The molecule has 10 aromatic rings. The number of hydrogen-bond donors (Lipinski definition) is 0. The third kappa shape index (κ3) is 4.29. The van der Waals surface area contributed by atoms with Crippen LogP contribution < -0.4 is 10.4 Å². The number of rotatable bonds is 4. The van der Waals surface area contributed by atoms with Crippen molar-refractivity contribution in [2.24, 2.45) is 0 Å². The summed E-state index contributed by atoms with van der Waals surface area (Å²) in [6.45, 7) is 4.87. The molecule has 0 radical (unpaired) electrons. The fourth-order valence-electron chi connectivity index (χ4n) is 8.97. The Morgan fingerprint density at radius 1 is 0.453 bits per heavy atom. The first-order valence-corrected chi connectivity index (χ1v) is 21.3. The van der Waals surface area contributed by atoms with Crippen LogP contribution in [0.4, 0.5) is 0 Å². The lowest BCUT2D eigenvalue weighted by molar-refractivity contribution is 1.16. The molecule has 0 N–H and O–H groups in total. The van der Waals surface area contributed by atoms with E-state index in [4.69, 9.17) is 9.97 Å². The number of hydrogen-bond acceptors (Lipinski definition) is 2. The van der Waals surface area contributed by atoms with Gasteiger partial charge in [0, 0.05) is 44.0 Å². The Labute approximate surface area is 308 Å². The van der Waals surface area contributed by atoms with Gasteiger partial charge in [0.15, 0.2) is 5.82 Å². The van der Waals surface area contributed by atoms with Crippen LogP contribution in [0, 0.1) is 0 Å². The van der Waals surface area contributed by atoms with E-state index in [-0.39, 0.29) is 0 Å². The standard InChI is InChI=1S/C48H34N4Si/c1-53(2)42-27-14-11-24-38(42)45-47(53)44(31-16-5-3-6-17-31)49-48(50-45)32-18-15-21-34(30-32)52-39-25-12-9-22-35(39)36-28-29-41-43(46(36)52)37-23-10-13-26-40(37)51(41)33-19-7-4-8-20-33/h3-30H,1-2H3. The molecular formula is C48H34N4Si. The van der Waals surface area contributed by atoms with Gasteiger partial charge in [-0.1, -0.05) is 140 Å². The third-order valence-electron chi connectivity index (χ3n) is 11.3. The van der Waals surface area contributed by atoms with Crippen molar-refractivity contribution >= 4 is 62.1 Å². The predicted octanol–water partition coefficient (Wildman–Crippen LogP) is 10.8. The van der Waals surface area contributed by atoms with Gasteiger partial charge >= 0.3 is 0 Å². The van der Waals surface area contributed by atoms with Crippen LogP contribution in [0.5, 0.6) is 0 Å². The van der Waals surface area contributed by atoms with E-state index in [1.165, 1.54) is 59.5 Å². The molecule has 0 aliphatic carbocycles. The Morgan fingerprint density at radius 2 is 1.08 bits per heavy atom. The van der Waals surface area contributed by atoms with Gasteiger partial charge in [-0.3, -0.25) is 0 Å². The molecule has 4 nitrogen and oxygen atoms in total. The second-order valence-corrected chi connectivity index (χ2v) is 18.9. The van der Waals surface area contributed by atoms with Crippen LogP contribution in [0.2, 0.25) is 13.1 Å². The van der Waals surface area contributed by atoms with Gasteiger partial charge in [0.05, 0.1) is 33.5 Å². The largest absolute Gasteiger partial charge is 0.309 e. The molecule has 0 bridgehead atoms. The second-order valence-electron chi connectivity index (χ2n) is 14.6. The van der Waals surface area contributed by atoms with E-state index in [1.54, 1.807) is 0 Å². The molecule has 3 aromatic heterocycles. The quantitative estimate of drug-likeness (QED) is 0.172. The van der Waals surface area contributed by atoms with E-state index in [2.05, 4.69) is 192 Å². The number of para-hydroxylation sites is 3. The SMILES string of the molecule is C[Si]1(C)c2ccccc2-c2nc(-c3cccc(-n4c5ccccc5c5ccc6c(c7ccccc7n6-c6ccccc6)c54)c3)nc(-c3ccccc3)c21. The molecule has 250 valence electrons. The van der Waals surface area contributed by atoms with Crippen molar-refractivity contribution in [1.29, 1.82) is 0 Å². The highest BCUT2D eigenvalue weighted by atomic mass is 28.3. The van der Waals surface area contributed by atoms with E-state index < -0.39 is 8.07 Å². The van der Waals surface area contributed by atoms with E-state index >= 15 is 0 Å². The Kier molecular flexibility index (Phi) is 6.37. The highest BCUT2D eigenvalue weighted by Gasteiger charge is 2.41. The molecule has 0 saturated carbocycles. The summed E-state index contributed by atoms with van der Waals surface area (Å²) in [7, 11) is -2.05. The van der Waals surface area contributed by atoms with Crippen LogP contribution in [0.1, 0.15) is 0 Å². The summed E-state index contributed by atoms with van der Waals surface area (Å²) in [6.07, 6.45) is 0. The van der Waals surface area contributed by atoms with Crippen LogP contribution >= 0.6 is 0 Å². The first-order chi connectivity index (χ1) is 26.1. The van der Waals surface area contributed by atoms with Gasteiger partial charge in [-0.15, -0.1) is 0 Å². The smallest absolute Gasteiger partial charge is 0.160 e. The predicted molar refractivity (Wildman–Crippen MR) is 224 cm³/mol. The minimum absolute atomic E-state index is 0.748. The van der Waals surface area contributed by atoms with Crippen LogP contribution in [0.15, 0.2) is 170 Å². The van der Waals surface area contributed by atoms with Crippen LogP contribution in [-0.2, 0) is 0 Å². The molecule has 1 aliphatic heterocycles. The summed E-state index contributed by atoms with van der Waals surface area (Å²) < 4.78 is 4.85. The fraction of sp³-hybridized carbons (Fsp3) is 0.0417. The average Bonchev–Trinajstić information content (AvgIpc) is 3.82. The monoisotopic (exact) mass is 694 g/mol. The van der Waals surface area contributed by atoms with Gasteiger partial charge in [-0.25, -0.2) is 9.97 Å². The van der Waals surface area contributed by atoms with Gasteiger partial charge in [-0.2, -0.15) is 0 Å². The zero-order valence-corrected chi connectivity index (χ0v) is 30.5. The van der Waals surface area contributed by atoms with Crippen LogP contribution in [0.25, 0.3) is 88.9 Å². The molecule has 4 heterocycles. The maximum Gasteiger partial charge on any atom is 0.160 e. The van der Waals surface area contributed by atoms with Gasteiger partial charge in [0.2, 0.25) is 0 Å². The molecule has 0 unspecified atom stereocenters. The summed E-state index contributed by atoms with van der Waals surface area (Å²) in [5, 5.41) is 7.69. The minimum atomic E-state index is -2.05. The lowest BCUT2D eigenvalue weighted by Gasteiger charge is -2.21. The molecular weight excluding hydrogens is 661 g/mol. The topological polar surface area (TPSA) is 35.6 Å². The fourth-order valence-corrected chi connectivity index (χ4v) is 12.2. The molecule has 53 heavy (non-hydrogen) atoms. The summed E-state index contributed by atoms with van der Waals surface area (Å²) in [6, 6.07) is 61.2. The van der Waals surface area contributed by atoms with Crippen LogP contribution in [0.3, 0.4) is 0 Å². The van der Waals surface area contributed by atoms with Gasteiger partial charge in [-0.05, 0) is 58.4 Å². The average molecular weight is 695 g/mol. The Morgan fingerprint density at radius 3 is 1.89 bits per heavy atom. The minimum Gasteiger partial charge on any atom is -0.309 e. The molecule has 0 saturated heterocycles. The number of fused-ring (bicyclic) bond motifs is 10. The highest BCUT2D eigenvalue weighted by molar-refractivity contribution is 7.04. The normalized spacial score (nSPS) is 13.2. The van der Waals surface area contributed by atoms with E-state index in [1.807, 2.05) is 0 Å². The van der Waals surface area contributed by atoms with Crippen molar-refractivity contribution < 1.29 is 0 Å². The maximum absolute atomic E-state index is 5.45. The first kappa shape index (κ1) is 30.1. The molecule has 0 spiro atoms. The molecule has 7 aromatic carbocycles. The molecule has 0 amide bonds. The lowest BCUT2D eigenvalue weighted by Crippen LogP contribution is -2.50. The zero-order valence-electron chi connectivity index (χ0n) is 29.5. The van der Waals surface area contributed by atoms with E-state index in [0.29, 0.717) is 0 Å². The van der Waals surface area contributed by atoms with Crippen molar-refractivity contribution in [3.05, 3.63) is 170 Å². The van der Waals surface area contributed by atoms with Gasteiger partial charge < -0.3 is 9.13 Å². The zero-order chi connectivity index (χ0) is 35.3. The molecule has 1 aliphatic rings. The molecule has 0 atom stereocenters. The molecule has 11 rings (SSSR count). The Balaban J connectivity index is 1.20. The third-order valence-corrected chi connectivity index (χ3v) is 14.8. The number of benzene rings is 7. The maximum atomic E-state index is 5.45. The van der Waals surface area contributed by atoms with Crippen molar-refractivity contribution in [3.63, 3.8) is 0 Å². The summed E-state index contributed by atoms with van der Waals surface area (Å²) in [5.41, 5.74) is 12.5. The van der Waals surface area contributed by atoms with Crippen molar-refractivity contribution in [3.8, 4) is 45.3 Å². The van der Waals surface area contributed by atoms with Crippen LogP contribution in [-0.4, -0.2) is 27.2 Å². The van der Waals surface area contributed by atoms with Gasteiger partial charge in [0.25, 0.3) is 0 Å². The second kappa shape index (κ2) is 11.2. The van der Waals surface area contributed by atoms with Gasteiger partial charge in [0.1, 0.15) is 8.07 Å². The van der Waals surface area contributed by atoms with Crippen molar-refractivity contribution in [2.45, 2.75) is 13.1 Å². The summed E-state index contributed by atoms with van der Waals surface area (Å²) in [5.74, 6) is 0.748. The first-order valence-electron chi connectivity index (χ1n) is 18.3. The molecule has 0 fully saturated rings. The Bertz CT molecular complexity index is 3080. The highest BCUT2D eigenvalue weighted by Crippen LogP contribution is 2.42. The molecule has 5 heteroatoms. The Hall–Kier alpha value is -6.56. The number of aromatic nitrogens is 4. The number of nitrogens with zero attached hydrogens (tertiary/aromatic N) is 4. The summed E-state index contributed by atoms with van der Waals surface area (Å²) >= 11 is 0.